The number of rotatable bonds is 6. The van der Waals surface area contributed by atoms with Gasteiger partial charge < -0.3 is 25.7 Å². The summed E-state index contributed by atoms with van der Waals surface area (Å²) in [6, 6.07) is 13.2. The molecule has 3 N–H and O–H groups in total. The van der Waals surface area contributed by atoms with Crippen molar-refractivity contribution in [2.24, 2.45) is 0 Å². The van der Waals surface area contributed by atoms with Crippen LogP contribution < -0.4 is 15.4 Å². The van der Waals surface area contributed by atoms with Crippen molar-refractivity contribution in [3.8, 4) is 5.75 Å². The number of phenols is 1. The number of phenolic OH excluding ortho intramolecular Hbond substituents is 1. The van der Waals surface area contributed by atoms with Gasteiger partial charge in [0.25, 0.3) is 5.91 Å². The minimum atomic E-state index is -1.21. The molecule has 34 heavy (non-hydrogen) atoms. The Kier molecular flexibility index (Phi) is 6.21. The van der Waals surface area contributed by atoms with Crippen LogP contribution >= 0.6 is 0 Å². The van der Waals surface area contributed by atoms with Crippen molar-refractivity contribution in [2.75, 3.05) is 6.61 Å². The second kappa shape index (κ2) is 9.11. The average Bonchev–Trinajstić information content (AvgIpc) is 3.06. The van der Waals surface area contributed by atoms with Gasteiger partial charge in [-0.15, -0.1) is 0 Å². The summed E-state index contributed by atoms with van der Waals surface area (Å²) in [6.07, 6.45) is 0.981. The molecule has 0 spiro atoms. The van der Waals surface area contributed by atoms with Crippen LogP contribution in [0.2, 0.25) is 0 Å². The summed E-state index contributed by atoms with van der Waals surface area (Å²) in [4.78, 5) is 38.7. The maximum Gasteiger partial charge on any atom is 0.251 e. The third kappa shape index (κ3) is 4.55. The lowest BCUT2D eigenvalue weighted by Crippen LogP contribution is -2.60. The molecule has 1 fully saturated rings. The van der Waals surface area contributed by atoms with Crippen LogP contribution in [-0.4, -0.2) is 47.0 Å². The van der Waals surface area contributed by atoms with Gasteiger partial charge in [-0.25, -0.2) is 0 Å². The number of Topliss-reactive ketones (excluding diaryl/α,β-unsaturated/α-hetero) is 1. The van der Waals surface area contributed by atoms with E-state index in [1.54, 1.807) is 50.2 Å². The molecule has 3 aromatic rings. The number of hydrogen-bond donors (Lipinski definition) is 3. The van der Waals surface area contributed by atoms with Gasteiger partial charge in [-0.1, -0.05) is 12.1 Å². The van der Waals surface area contributed by atoms with Crippen LogP contribution in [0.5, 0.6) is 5.75 Å². The van der Waals surface area contributed by atoms with E-state index in [-0.39, 0.29) is 30.1 Å². The molecule has 0 unspecified atom stereocenters. The van der Waals surface area contributed by atoms with Crippen molar-refractivity contribution >= 4 is 28.5 Å². The minimum absolute atomic E-state index is 0.0793. The zero-order chi connectivity index (χ0) is 24.5. The van der Waals surface area contributed by atoms with Crippen molar-refractivity contribution in [3.05, 3.63) is 77.1 Å². The molecule has 2 amide bonds. The van der Waals surface area contributed by atoms with Crippen molar-refractivity contribution < 1.29 is 29.0 Å². The summed E-state index contributed by atoms with van der Waals surface area (Å²) in [5, 5.41) is 27.6. The summed E-state index contributed by atoms with van der Waals surface area (Å²) in [5.74, 6) is -1.21. The maximum atomic E-state index is 13.3. The van der Waals surface area contributed by atoms with E-state index >= 15 is 0 Å². The van der Waals surface area contributed by atoms with Gasteiger partial charge in [-0.3, -0.25) is 14.4 Å². The van der Waals surface area contributed by atoms with Gasteiger partial charge in [0.15, 0.2) is 12.0 Å². The number of amides is 2. The lowest BCUT2D eigenvalue weighted by atomic mass is 9.92. The number of carbonyl (C=O) groups excluding carboxylic acids is 3. The highest BCUT2D eigenvalue weighted by Crippen LogP contribution is 2.23. The fourth-order valence-electron chi connectivity index (χ4n) is 3.91. The molecule has 2 aromatic carbocycles. The van der Waals surface area contributed by atoms with Crippen LogP contribution in [0.3, 0.4) is 0 Å². The van der Waals surface area contributed by atoms with E-state index in [0.717, 1.165) is 0 Å². The van der Waals surface area contributed by atoms with E-state index in [9.17, 15) is 24.7 Å². The molecule has 1 aromatic heterocycles. The number of carbonyl (C=O) groups is 3. The smallest absolute Gasteiger partial charge is 0.251 e. The molecule has 176 valence electrons. The molecule has 1 aliphatic heterocycles. The van der Waals surface area contributed by atoms with Crippen LogP contribution in [0.15, 0.2) is 60.8 Å². The Hall–Kier alpha value is -3.98. The number of ether oxygens (including phenoxy) is 1. The molecule has 1 aliphatic rings. The topological polar surface area (TPSA) is 132 Å². The Labute approximate surface area is 195 Å². The molecular formula is C25H25N3O6. The number of fused-ring (bicyclic) bond motifs is 1. The second-order valence-corrected chi connectivity index (χ2v) is 8.57. The van der Waals surface area contributed by atoms with Crippen molar-refractivity contribution in [2.45, 2.75) is 38.0 Å². The zero-order valence-electron chi connectivity index (χ0n) is 18.8. The summed E-state index contributed by atoms with van der Waals surface area (Å²) < 4.78 is 6.10. The highest BCUT2D eigenvalue weighted by molar-refractivity contribution is 6.01. The number of nitrogens with one attached hydrogen (secondary N) is 2. The lowest BCUT2D eigenvalue weighted by Gasteiger charge is -2.30. The van der Waals surface area contributed by atoms with Gasteiger partial charge in [0.1, 0.15) is 23.9 Å². The normalized spacial score (nSPS) is 20.8. The molecule has 0 saturated carbocycles. The van der Waals surface area contributed by atoms with Crippen molar-refractivity contribution in [1.29, 1.82) is 0 Å². The molecule has 3 atom stereocenters. The Morgan fingerprint density at radius 3 is 2.65 bits per heavy atom. The zero-order valence-corrected chi connectivity index (χ0v) is 18.8. The molecule has 0 radical (unpaired) electrons. The van der Waals surface area contributed by atoms with Crippen molar-refractivity contribution in [1.82, 2.24) is 10.6 Å². The van der Waals surface area contributed by atoms with Crippen molar-refractivity contribution in [3.63, 3.8) is 0 Å². The number of hydrogen-bond acceptors (Lipinski definition) is 6. The maximum absolute atomic E-state index is 13.3. The number of ketones is 1. The van der Waals surface area contributed by atoms with E-state index in [2.05, 4.69) is 10.6 Å². The van der Waals surface area contributed by atoms with Crippen LogP contribution in [-0.2, 0) is 20.7 Å². The Balaban J connectivity index is 1.59. The van der Waals surface area contributed by atoms with Crippen LogP contribution in [0, 0.1) is 5.21 Å². The van der Waals surface area contributed by atoms with E-state index < -0.39 is 29.5 Å². The first-order valence-electron chi connectivity index (χ1n) is 10.8. The minimum Gasteiger partial charge on any atom is -0.618 e. The lowest BCUT2D eigenvalue weighted by molar-refractivity contribution is -0.577. The first-order valence-corrected chi connectivity index (χ1v) is 10.8. The fourth-order valence-corrected chi connectivity index (χ4v) is 3.91. The third-order valence-electron chi connectivity index (χ3n) is 6.26. The highest BCUT2D eigenvalue weighted by atomic mass is 16.5. The van der Waals surface area contributed by atoms with E-state index in [0.29, 0.717) is 21.2 Å². The van der Waals surface area contributed by atoms with Crippen LogP contribution in [0.4, 0.5) is 0 Å². The molecule has 1 saturated heterocycles. The van der Waals surface area contributed by atoms with Gasteiger partial charge in [0.2, 0.25) is 11.4 Å². The standard InChI is InChI=1S/C25H25N3O6/c1-15-25(2,22(30)14-34-15)27-24(32)20(12-16-5-8-19(29)9-6-16)26-23(31)18-7-10-21-17(13-18)4-3-11-28(21)33/h3-11,13,15,20,29H,12,14H2,1-2H3,(H,26,31)(H,27,32)/t15-,20+,25-/m1/s1. The largest absolute Gasteiger partial charge is 0.618 e. The number of pyridine rings is 1. The quantitative estimate of drug-likeness (QED) is 0.374. The monoisotopic (exact) mass is 463 g/mol. The molecule has 9 heteroatoms. The molecular weight excluding hydrogens is 438 g/mol. The van der Waals surface area contributed by atoms with Gasteiger partial charge in [-0.05, 0) is 49.7 Å². The van der Waals surface area contributed by atoms with Crippen LogP contribution in [0.1, 0.15) is 29.8 Å². The average molecular weight is 463 g/mol. The molecule has 2 heterocycles. The molecule has 0 bridgehead atoms. The SMILES string of the molecule is C[C@H]1OCC(=O)[C@]1(C)NC(=O)[C@H](Cc1ccc(O)cc1)NC(=O)c1ccc2c(ccc[n+]2[O-])c1. The predicted molar refractivity (Wildman–Crippen MR) is 123 cm³/mol. The number of aromatic hydroxyl groups is 1. The summed E-state index contributed by atoms with van der Waals surface area (Å²) in [5.41, 5.74) is 0.192. The first-order chi connectivity index (χ1) is 16.2. The molecule has 9 nitrogen and oxygen atoms in total. The van der Waals surface area contributed by atoms with Gasteiger partial charge in [0, 0.05) is 29.5 Å². The van der Waals surface area contributed by atoms with Gasteiger partial charge in [-0.2, -0.15) is 4.73 Å². The predicted octanol–water partition coefficient (Wildman–Crippen LogP) is 1.38. The van der Waals surface area contributed by atoms with Gasteiger partial charge in [0.05, 0.1) is 6.10 Å². The second-order valence-electron chi connectivity index (χ2n) is 8.57. The summed E-state index contributed by atoms with van der Waals surface area (Å²) in [6.45, 7) is 3.21. The fraction of sp³-hybridized carbons (Fsp3) is 0.280. The van der Waals surface area contributed by atoms with Gasteiger partial charge >= 0.3 is 0 Å². The summed E-state index contributed by atoms with van der Waals surface area (Å²) >= 11 is 0. The van der Waals surface area contributed by atoms with E-state index in [4.69, 9.17) is 4.74 Å². The van der Waals surface area contributed by atoms with Crippen LogP contribution in [0.25, 0.3) is 10.9 Å². The number of aromatic nitrogens is 1. The molecule has 0 aliphatic carbocycles. The highest BCUT2D eigenvalue weighted by Gasteiger charge is 2.47. The third-order valence-corrected chi connectivity index (χ3v) is 6.26. The Bertz CT molecular complexity index is 1260. The number of nitrogens with zero attached hydrogens (tertiary/aromatic N) is 1. The Morgan fingerprint density at radius 2 is 1.97 bits per heavy atom. The number of benzene rings is 2. The first kappa shape index (κ1) is 23.2. The van der Waals surface area contributed by atoms with E-state index in [1.807, 2.05) is 0 Å². The Morgan fingerprint density at radius 1 is 1.24 bits per heavy atom. The molecule has 4 rings (SSSR count). The summed E-state index contributed by atoms with van der Waals surface area (Å²) in [7, 11) is 0. The van der Waals surface area contributed by atoms with E-state index in [1.165, 1.54) is 24.4 Å².